The molecule has 0 amide bonds. The summed E-state index contributed by atoms with van der Waals surface area (Å²) < 4.78 is 17.0. The second-order valence-corrected chi connectivity index (χ2v) is 5.34. The number of halogens is 1. The Kier molecular flexibility index (Phi) is 3.70. The summed E-state index contributed by atoms with van der Waals surface area (Å²) in [7, 11) is 0. The summed E-state index contributed by atoms with van der Waals surface area (Å²) in [5.74, 6) is 0.0933. The Balaban J connectivity index is 1.86. The van der Waals surface area contributed by atoms with E-state index in [0.29, 0.717) is 11.5 Å². The quantitative estimate of drug-likeness (QED) is 0.914. The van der Waals surface area contributed by atoms with Crippen LogP contribution in [0.15, 0.2) is 40.9 Å². The Bertz CT molecular complexity index is 698. The van der Waals surface area contributed by atoms with Gasteiger partial charge >= 0.3 is 5.97 Å². The minimum atomic E-state index is -1.07. The average Bonchev–Trinajstić information content (AvgIpc) is 2.91. The predicted octanol–water partition coefficient (Wildman–Crippen LogP) is 3.46. The summed E-state index contributed by atoms with van der Waals surface area (Å²) in [4.78, 5) is 11.3. The van der Waals surface area contributed by atoms with Crippen molar-refractivity contribution in [2.75, 3.05) is 6.79 Å². The van der Waals surface area contributed by atoms with Crippen LogP contribution >= 0.6 is 15.9 Å². The van der Waals surface area contributed by atoms with E-state index >= 15 is 0 Å². The van der Waals surface area contributed by atoms with Crippen LogP contribution in [0.3, 0.4) is 0 Å². The lowest BCUT2D eigenvalue weighted by Gasteiger charge is -2.10. The maximum absolute atomic E-state index is 11.3. The Hall–Kier alpha value is -2.21. The highest BCUT2D eigenvalue weighted by Crippen LogP contribution is 2.38. The van der Waals surface area contributed by atoms with Gasteiger partial charge in [0.2, 0.25) is 6.79 Å². The number of aromatic carboxylic acids is 1. The first kappa shape index (κ1) is 13.8. The summed E-state index contributed by atoms with van der Waals surface area (Å²) >= 11 is 3.38. The van der Waals surface area contributed by atoms with Crippen LogP contribution < -0.4 is 14.2 Å². The Morgan fingerprint density at radius 3 is 2.71 bits per heavy atom. The molecule has 0 spiro atoms. The van der Waals surface area contributed by atoms with Crippen molar-refractivity contribution in [3.8, 4) is 17.2 Å². The lowest BCUT2D eigenvalue weighted by atomic mass is 10.1. The van der Waals surface area contributed by atoms with Gasteiger partial charge in [-0.1, -0.05) is 28.1 Å². The molecular weight excluding hydrogens is 340 g/mol. The van der Waals surface area contributed by atoms with Crippen LogP contribution in [0.5, 0.6) is 17.2 Å². The van der Waals surface area contributed by atoms with Gasteiger partial charge in [-0.25, -0.2) is 4.79 Å². The normalized spacial score (nSPS) is 12.2. The Morgan fingerprint density at radius 1 is 1.24 bits per heavy atom. The van der Waals surface area contributed by atoms with Gasteiger partial charge in [0, 0.05) is 16.6 Å². The van der Waals surface area contributed by atoms with Gasteiger partial charge in [-0.2, -0.15) is 0 Å². The number of rotatable bonds is 4. The van der Waals surface area contributed by atoms with Crippen LogP contribution in [0.2, 0.25) is 0 Å². The molecule has 0 unspecified atom stereocenters. The number of carboxylic acids is 1. The molecule has 0 atom stereocenters. The third-order valence-electron chi connectivity index (χ3n) is 2.99. The fourth-order valence-electron chi connectivity index (χ4n) is 2.00. The van der Waals surface area contributed by atoms with E-state index in [9.17, 15) is 9.90 Å². The first-order chi connectivity index (χ1) is 10.1. The smallest absolute Gasteiger partial charge is 0.339 e. The largest absolute Gasteiger partial charge is 0.488 e. The molecule has 5 nitrogen and oxygen atoms in total. The van der Waals surface area contributed by atoms with E-state index in [2.05, 4.69) is 15.9 Å². The summed E-state index contributed by atoms with van der Waals surface area (Å²) in [5, 5.41) is 9.25. The van der Waals surface area contributed by atoms with Crippen LogP contribution in [0.1, 0.15) is 15.9 Å². The van der Waals surface area contributed by atoms with Crippen molar-refractivity contribution < 1.29 is 24.1 Å². The molecule has 108 valence electrons. The number of benzene rings is 2. The van der Waals surface area contributed by atoms with E-state index in [0.717, 1.165) is 10.0 Å². The number of fused-ring (bicyclic) bond motifs is 1. The van der Waals surface area contributed by atoms with Crippen LogP contribution in [0, 0.1) is 0 Å². The molecule has 1 N–H and O–H groups in total. The first-order valence-electron chi connectivity index (χ1n) is 6.17. The predicted molar refractivity (Wildman–Crippen MR) is 78.0 cm³/mol. The lowest BCUT2D eigenvalue weighted by Crippen LogP contribution is -2.03. The zero-order chi connectivity index (χ0) is 14.8. The molecule has 6 heteroatoms. The molecular formula is C15H11BrO5. The number of ether oxygens (including phenoxy) is 3. The van der Waals surface area contributed by atoms with E-state index in [-0.39, 0.29) is 24.7 Å². The van der Waals surface area contributed by atoms with E-state index < -0.39 is 5.97 Å². The van der Waals surface area contributed by atoms with E-state index in [1.165, 1.54) is 6.07 Å². The maximum Gasteiger partial charge on any atom is 0.339 e. The van der Waals surface area contributed by atoms with Crippen LogP contribution in [-0.2, 0) is 6.61 Å². The molecule has 0 saturated heterocycles. The van der Waals surface area contributed by atoms with E-state index in [1.807, 2.05) is 24.3 Å². The molecule has 1 aliphatic heterocycles. The molecule has 0 radical (unpaired) electrons. The number of carboxylic acid groups (broad SMARTS) is 1. The second kappa shape index (κ2) is 5.65. The lowest BCUT2D eigenvalue weighted by molar-refractivity contribution is 0.0691. The average molecular weight is 351 g/mol. The van der Waals surface area contributed by atoms with Gasteiger partial charge in [0.05, 0.1) is 0 Å². The van der Waals surface area contributed by atoms with Crippen molar-refractivity contribution in [1.29, 1.82) is 0 Å². The van der Waals surface area contributed by atoms with E-state index in [4.69, 9.17) is 14.2 Å². The molecule has 3 rings (SSSR count). The van der Waals surface area contributed by atoms with Gasteiger partial charge in [-0.15, -0.1) is 0 Å². The van der Waals surface area contributed by atoms with Crippen molar-refractivity contribution in [3.63, 3.8) is 0 Å². The van der Waals surface area contributed by atoms with Crippen molar-refractivity contribution in [1.82, 2.24) is 0 Å². The SMILES string of the molecule is O=C(O)c1cc2c(cc1OCc1cccc(Br)c1)OCO2. The first-order valence-corrected chi connectivity index (χ1v) is 6.97. The zero-order valence-electron chi connectivity index (χ0n) is 10.8. The number of hydrogen-bond donors (Lipinski definition) is 1. The molecule has 0 aromatic heterocycles. The maximum atomic E-state index is 11.3. The number of hydrogen-bond acceptors (Lipinski definition) is 4. The van der Waals surface area contributed by atoms with Crippen molar-refractivity contribution >= 4 is 21.9 Å². The topological polar surface area (TPSA) is 65.0 Å². The van der Waals surface area contributed by atoms with Crippen molar-refractivity contribution in [3.05, 3.63) is 52.0 Å². The molecule has 0 bridgehead atoms. The van der Waals surface area contributed by atoms with Crippen LogP contribution in [-0.4, -0.2) is 17.9 Å². The van der Waals surface area contributed by atoms with Crippen molar-refractivity contribution in [2.24, 2.45) is 0 Å². The zero-order valence-corrected chi connectivity index (χ0v) is 12.4. The monoisotopic (exact) mass is 350 g/mol. The van der Waals surface area contributed by atoms with Gasteiger partial charge in [-0.05, 0) is 17.7 Å². The van der Waals surface area contributed by atoms with Gasteiger partial charge in [0.15, 0.2) is 11.5 Å². The van der Waals surface area contributed by atoms with Crippen LogP contribution in [0.4, 0.5) is 0 Å². The Morgan fingerprint density at radius 2 is 2.00 bits per heavy atom. The molecule has 0 aliphatic carbocycles. The standard InChI is InChI=1S/C15H11BrO5/c16-10-3-1-2-9(4-10)7-19-12-6-14-13(20-8-21-14)5-11(12)15(17)18/h1-6H,7-8H2,(H,17,18). The highest BCUT2D eigenvalue weighted by molar-refractivity contribution is 9.10. The second-order valence-electron chi connectivity index (χ2n) is 4.43. The van der Waals surface area contributed by atoms with Crippen molar-refractivity contribution in [2.45, 2.75) is 6.61 Å². The molecule has 2 aromatic carbocycles. The summed E-state index contributed by atoms with van der Waals surface area (Å²) in [5.41, 5.74) is 0.979. The summed E-state index contributed by atoms with van der Waals surface area (Å²) in [6, 6.07) is 10.6. The highest BCUT2D eigenvalue weighted by atomic mass is 79.9. The molecule has 1 heterocycles. The number of carbonyl (C=O) groups is 1. The minimum Gasteiger partial charge on any atom is -0.488 e. The van der Waals surface area contributed by atoms with Gasteiger partial charge in [-0.3, -0.25) is 0 Å². The highest BCUT2D eigenvalue weighted by Gasteiger charge is 2.21. The molecule has 0 saturated carbocycles. The third kappa shape index (κ3) is 2.95. The van der Waals surface area contributed by atoms with E-state index in [1.54, 1.807) is 6.07 Å². The van der Waals surface area contributed by atoms with Gasteiger partial charge in [0.25, 0.3) is 0 Å². The molecule has 21 heavy (non-hydrogen) atoms. The molecule has 0 fully saturated rings. The molecule has 1 aliphatic rings. The third-order valence-corrected chi connectivity index (χ3v) is 3.48. The van der Waals surface area contributed by atoms with Gasteiger partial charge < -0.3 is 19.3 Å². The Labute approximate surface area is 129 Å². The summed E-state index contributed by atoms with van der Waals surface area (Å²) in [6.07, 6.45) is 0. The fraction of sp³-hybridized carbons (Fsp3) is 0.133. The summed E-state index contributed by atoms with van der Waals surface area (Å²) in [6.45, 7) is 0.350. The fourth-order valence-corrected chi connectivity index (χ4v) is 2.44. The van der Waals surface area contributed by atoms with Crippen LogP contribution in [0.25, 0.3) is 0 Å². The van der Waals surface area contributed by atoms with Gasteiger partial charge in [0.1, 0.15) is 17.9 Å². The molecule has 2 aromatic rings. The minimum absolute atomic E-state index is 0.0502.